The van der Waals surface area contributed by atoms with Crippen molar-refractivity contribution in [3.8, 4) is 0 Å². The van der Waals surface area contributed by atoms with Crippen LogP contribution in [0.2, 0.25) is 0 Å². The maximum Gasteiger partial charge on any atom is 0.269 e. The van der Waals surface area contributed by atoms with Crippen LogP contribution in [0.5, 0.6) is 0 Å². The Balaban J connectivity index is 1.39. The highest BCUT2D eigenvalue weighted by atomic mass is 19.1. The Kier molecular flexibility index (Phi) is 7.88. The Labute approximate surface area is 186 Å². The number of piperazine rings is 1. The van der Waals surface area contributed by atoms with E-state index in [4.69, 9.17) is 0 Å². The van der Waals surface area contributed by atoms with E-state index in [2.05, 4.69) is 10.2 Å². The number of carbonyl (C=O) groups is 2. The number of nitro benzene ring substituents is 1. The highest BCUT2D eigenvalue weighted by Crippen LogP contribution is 2.15. The zero-order valence-corrected chi connectivity index (χ0v) is 18.1. The minimum atomic E-state index is -0.527. The number of nitrogens with zero attached hydrogens (tertiary/aromatic N) is 3. The molecule has 1 aliphatic heterocycles. The molecule has 0 spiro atoms. The van der Waals surface area contributed by atoms with Crippen LogP contribution in [0, 0.1) is 15.9 Å². The lowest BCUT2D eigenvalue weighted by molar-refractivity contribution is -0.384. The second-order valence-electron chi connectivity index (χ2n) is 7.75. The maximum atomic E-state index is 14.0. The smallest absolute Gasteiger partial charge is 0.269 e. The normalized spacial score (nSPS) is 14.2. The van der Waals surface area contributed by atoms with E-state index in [1.807, 2.05) is 19.1 Å². The summed E-state index contributed by atoms with van der Waals surface area (Å²) < 4.78 is 14.0. The second-order valence-corrected chi connectivity index (χ2v) is 7.75. The number of halogens is 1. The lowest BCUT2D eigenvalue weighted by Gasteiger charge is -2.35. The van der Waals surface area contributed by atoms with Crippen LogP contribution in [0.25, 0.3) is 0 Å². The number of benzene rings is 2. The molecule has 0 saturated carbocycles. The molecule has 1 fully saturated rings. The molecule has 0 radical (unpaired) electrons. The molecule has 0 bridgehead atoms. The second kappa shape index (κ2) is 10.8. The first kappa shape index (κ1) is 23.3. The van der Waals surface area contributed by atoms with E-state index in [9.17, 15) is 24.1 Å². The maximum absolute atomic E-state index is 14.0. The van der Waals surface area contributed by atoms with Crippen molar-refractivity contribution in [3.63, 3.8) is 0 Å². The molecular weight excluding hydrogens is 415 g/mol. The molecule has 32 heavy (non-hydrogen) atoms. The van der Waals surface area contributed by atoms with Gasteiger partial charge in [0.1, 0.15) is 5.82 Å². The molecule has 0 aromatic heterocycles. The molecule has 3 rings (SSSR count). The molecule has 0 atom stereocenters. The van der Waals surface area contributed by atoms with Crippen molar-refractivity contribution in [2.24, 2.45) is 0 Å². The summed E-state index contributed by atoms with van der Waals surface area (Å²) in [4.78, 5) is 38.7. The Hall–Kier alpha value is -3.33. The van der Waals surface area contributed by atoms with Crippen molar-refractivity contribution < 1.29 is 18.9 Å². The van der Waals surface area contributed by atoms with Gasteiger partial charge in [-0.05, 0) is 35.7 Å². The van der Waals surface area contributed by atoms with E-state index in [1.54, 1.807) is 11.0 Å². The predicted octanol–water partition coefficient (Wildman–Crippen LogP) is 2.76. The van der Waals surface area contributed by atoms with Gasteiger partial charge < -0.3 is 10.2 Å². The highest BCUT2D eigenvalue weighted by molar-refractivity contribution is 5.94. The van der Waals surface area contributed by atoms with E-state index in [-0.39, 0.29) is 36.3 Å². The number of carbonyl (C=O) groups excluding carboxylic acids is 2. The van der Waals surface area contributed by atoms with Crippen molar-refractivity contribution in [1.82, 2.24) is 15.1 Å². The van der Waals surface area contributed by atoms with Gasteiger partial charge in [0.15, 0.2) is 0 Å². The van der Waals surface area contributed by atoms with E-state index < -0.39 is 4.92 Å². The van der Waals surface area contributed by atoms with Gasteiger partial charge in [-0.3, -0.25) is 24.6 Å². The van der Waals surface area contributed by atoms with Crippen molar-refractivity contribution >= 4 is 17.5 Å². The number of aryl methyl sites for hydroxylation is 1. The Morgan fingerprint density at radius 3 is 2.38 bits per heavy atom. The monoisotopic (exact) mass is 442 g/mol. The fourth-order valence-corrected chi connectivity index (χ4v) is 3.67. The van der Waals surface area contributed by atoms with Gasteiger partial charge in [0.25, 0.3) is 11.6 Å². The van der Waals surface area contributed by atoms with Gasteiger partial charge >= 0.3 is 0 Å². The van der Waals surface area contributed by atoms with Crippen LogP contribution in [0.1, 0.15) is 34.8 Å². The van der Waals surface area contributed by atoms with Crippen LogP contribution in [0.3, 0.4) is 0 Å². The van der Waals surface area contributed by atoms with Crippen molar-refractivity contribution in [1.29, 1.82) is 0 Å². The average Bonchev–Trinajstić information content (AvgIpc) is 2.79. The summed E-state index contributed by atoms with van der Waals surface area (Å²) in [5, 5.41) is 13.3. The molecule has 1 saturated heterocycles. The molecule has 8 nitrogen and oxygen atoms in total. The number of nitrogens with one attached hydrogen (secondary N) is 1. The van der Waals surface area contributed by atoms with Crippen LogP contribution >= 0.6 is 0 Å². The number of rotatable bonds is 8. The fraction of sp³-hybridized carbons (Fsp3) is 0.391. The van der Waals surface area contributed by atoms with E-state index in [1.165, 1.54) is 24.3 Å². The van der Waals surface area contributed by atoms with Crippen LogP contribution < -0.4 is 5.32 Å². The van der Waals surface area contributed by atoms with Gasteiger partial charge in [-0.15, -0.1) is 0 Å². The third kappa shape index (κ3) is 6.10. The Morgan fingerprint density at radius 2 is 1.78 bits per heavy atom. The van der Waals surface area contributed by atoms with Crippen LogP contribution in [-0.4, -0.2) is 59.3 Å². The lowest BCUT2D eigenvalue weighted by Crippen LogP contribution is -2.48. The first-order valence-electron chi connectivity index (χ1n) is 10.7. The fourth-order valence-electron chi connectivity index (χ4n) is 3.67. The van der Waals surface area contributed by atoms with Crippen LogP contribution in [0.15, 0.2) is 42.5 Å². The molecule has 0 unspecified atom stereocenters. The molecule has 0 aliphatic carbocycles. The predicted molar refractivity (Wildman–Crippen MR) is 118 cm³/mol. The number of hydrogen-bond acceptors (Lipinski definition) is 5. The number of amides is 2. The summed E-state index contributed by atoms with van der Waals surface area (Å²) in [5.74, 6) is -0.583. The summed E-state index contributed by atoms with van der Waals surface area (Å²) in [6.45, 7) is 5.35. The van der Waals surface area contributed by atoms with E-state index >= 15 is 0 Å². The minimum Gasteiger partial charge on any atom is -0.352 e. The van der Waals surface area contributed by atoms with Gasteiger partial charge in [-0.2, -0.15) is 0 Å². The zero-order chi connectivity index (χ0) is 23.1. The van der Waals surface area contributed by atoms with Gasteiger partial charge in [0.2, 0.25) is 5.91 Å². The third-order valence-electron chi connectivity index (χ3n) is 5.59. The topological polar surface area (TPSA) is 95.8 Å². The SMILES string of the molecule is CCc1ccc(CN2CCN(C(=O)CCNC(=O)c3ccc([N+](=O)[O-])cc3)CC2)cc1F. The summed E-state index contributed by atoms with van der Waals surface area (Å²) in [7, 11) is 0. The van der Waals surface area contributed by atoms with Gasteiger partial charge in [-0.1, -0.05) is 19.1 Å². The number of nitro groups is 1. The third-order valence-corrected chi connectivity index (χ3v) is 5.59. The molecule has 2 aromatic carbocycles. The number of non-ortho nitro benzene ring substituents is 1. The summed E-state index contributed by atoms with van der Waals surface area (Å²) in [6.07, 6.45) is 0.851. The molecule has 1 heterocycles. The molecule has 2 amide bonds. The number of hydrogen-bond donors (Lipinski definition) is 1. The average molecular weight is 442 g/mol. The molecular formula is C23H27FN4O4. The molecule has 1 N–H and O–H groups in total. The lowest BCUT2D eigenvalue weighted by atomic mass is 10.1. The summed E-state index contributed by atoms with van der Waals surface area (Å²) in [6, 6.07) is 10.7. The first-order chi connectivity index (χ1) is 15.4. The largest absolute Gasteiger partial charge is 0.352 e. The zero-order valence-electron chi connectivity index (χ0n) is 18.1. The van der Waals surface area contributed by atoms with Crippen molar-refractivity contribution in [2.75, 3.05) is 32.7 Å². The molecule has 170 valence electrons. The van der Waals surface area contributed by atoms with Crippen LogP contribution in [0.4, 0.5) is 10.1 Å². The van der Waals surface area contributed by atoms with Gasteiger partial charge in [0, 0.05) is 63.4 Å². The molecule has 9 heteroatoms. The summed E-state index contributed by atoms with van der Waals surface area (Å²) in [5.41, 5.74) is 1.86. The van der Waals surface area contributed by atoms with E-state index in [0.29, 0.717) is 50.3 Å². The quantitative estimate of drug-likeness (QED) is 0.501. The van der Waals surface area contributed by atoms with Crippen LogP contribution in [-0.2, 0) is 17.8 Å². The standard InChI is InChI=1S/C23H27FN4O4/c1-2-18-4-3-17(15-21(18)24)16-26-11-13-27(14-12-26)22(29)9-10-25-23(30)19-5-7-20(8-6-19)28(31)32/h3-8,15H,2,9-14,16H2,1H3,(H,25,30). The summed E-state index contributed by atoms with van der Waals surface area (Å²) >= 11 is 0. The van der Waals surface area contributed by atoms with E-state index in [0.717, 1.165) is 5.56 Å². The van der Waals surface area contributed by atoms with Crippen molar-refractivity contribution in [3.05, 3.63) is 75.1 Å². The Morgan fingerprint density at radius 1 is 1.09 bits per heavy atom. The Bertz CT molecular complexity index is 972. The molecule has 2 aromatic rings. The highest BCUT2D eigenvalue weighted by Gasteiger charge is 2.21. The van der Waals surface area contributed by atoms with Gasteiger partial charge in [0.05, 0.1) is 4.92 Å². The van der Waals surface area contributed by atoms with Crippen molar-refractivity contribution in [2.45, 2.75) is 26.3 Å². The minimum absolute atomic E-state index is 0.0352. The first-order valence-corrected chi connectivity index (χ1v) is 10.7. The van der Waals surface area contributed by atoms with Gasteiger partial charge in [-0.25, -0.2) is 4.39 Å². The molecule has 1 aliphatic rings.